The second kappa shape index (κ2) is 4.06. The molecular formula is C11H13F2NO. The molecule has 1 aromatic carbocycles. The van der Waals surface area contributed by atoms with E-state index in [-0.39, 0.29) is 5.56 Å². The van der Waals surface area contributed by atoms with E-state index >= 15 is 0 Å². The second-order valence-corrected chi connectivity index (χ2v) is 3.72. The topological polar surface area (TPSA) is 43.1 Å². The van der Waals surface area contributed by atoms with Gasteiger partial charge in [-0.3, -0.25) is 4.79 Å². The summed E-state index contributed by atoms with van der Waals surface area (Å²) in [6.07, 6.45) is 0.363. The molecule has 0 aliphatic rings. The van der Waals surface area contributed by atoms with Gasteiger partial charge in [0, 0.05) is 0 Å². The van der Waals surface area contributed by atoms with Crippen LogP contribution in [0.15, 0.2) is 18.2 Å². The highest BCUT2D eigenvalue weighted by molar-refractivity contribution is 6.02. The van der Waals surface area contributed by atoms with Crippen LogP contribution in [0.1, 0.15) is 30.6 Å². The van der Waals surface area contributed by atoms with Crippen molar-refractivity contribution in [1.29, 1.82) is 0 Å². The zero-order chi connectivity index (χ0) is 11.6. The Labute approximate surface area is 87.1 Å². The number of halogens is 2. The lowest BCUT2D eigenvalue weighted by atomic mass is 9.89. The summed E-state index contributed by atoms with van der Waals surface area (Å²) >= 11 is 0. The molecule has 4 heteroatoms. The molecule has 0 radical (unpaired) electrons. The van der Waals surface area contributed by atoms with Gasteiger partial charge in [0.1, 0.15) is 11.6 Å². The Morgan fingerprint density at radius 2 is 2.07 bits per heavy atom. The summed E-state index contributed by atoms with van der Waals surface area (Å²) in [6, 6.07) is 2.76. The lowest BCUT2D eigenvalue weighted by Gasteiger charge is -2.21. The van der Waals surface area contributed by atoms with E-state index in [1.165, 1.54) is 6.92 Å². The van der Waals surface area contributed by atoms with Crippen LogP contribution in [0.25, 0.3) is 0 Å². The predicted molar refractivity (Wildman–Crippen MR) is 53.6 cm³/mol. The first kappa shape index (κ1) is 11.8. The molecule has 2 nitrogen and oxygen atoms in total. The van der Waals surface area contributed by atoms with Crippen molar-refractivity contribution in [3.05, 3.63) is 35.4 Å². The number of carbonyl (C=O) groups is 1. The van der Waals surface area contributed by atoms with Gasteiger partial charge >= 0.3 is 0 Å². The Balaban J connectivity index is 3.17. The Morgan fingerprint density at radius 3 is 2.60 bits per heavy atom. The van der Waals surface area contributed by atoms with E-state index in [4.69, 9.17) is 5.73 Å². The maximum Gasteiger partial charge on any atom is 0.185 e. The average Bonchev–Trinajstić information content (AvgIpc) is 2.20. The van der Waals surface area contributed by atoms with Gasteiger partial charge in [0.25, 0.3) is 0 Å². The van der Waals surface area contributed by atoms with Crippen molar-refractivity contribution >= 4 is 5.78 Å². The lowest BCUT2D eigenvalue weighted by Crippen LogP contribution is -2.44. The number of carbonyl (C=O) groups excluding carboxylic acids is 1. The summed E-state index contributed by atoms with van der Waals surface area (Å²) < 4.78 is 26.1. The zero-order valence-corrected chi connectivity index (χ0v) is 8.68. The number of hydrogen-bond acceptors (Lipinski definition) is 2. The molecule has 0 heterocycles. The highest BCUT2D eigenvalue weighted by Crippen LogP contribution is 2.18. The van der Waals surface area contributed by atoms with E-state index in [1.54, 1.807) is 6.92 Å². The maximum absolute atomic E-state index is 13.2. The van der Waals surface area contributed by atoms with Crippen molar-refractivity contribution in [1.82, 2.24) is 0 Å². The van der Waals surface area contributed by atoms with Gasteiger partial charge < -0.3 is 5.73 Å². The largest absolute Gasteiger partial charge is 0.319 e. The number of ketones is 1. The quantitative estimate of drug-likeness (QED) is 0.783. The zero-order valence-electron chi connectivity index (χ0n) is 8.68. The normalized spacial score (nSPS) is 14.7. The van der Waals surface area contributed by atoms with Crippen LogP contribution in [-0.2, 0) is 0 Å². The summed E-state index contributed by atoms with van der Waals surface area (Å²) in [5.74, 6) is -1.97. The molecule has 1 aromatic rings. The van der Waals surface area contributed by atoms with Crippen LogP contribution in [0.3, 0.4) is 0 Å². The third kappa shape index (κ3) is 2.39. The number of hydrogen-bond donors (Lipinski definition) is 1. The monoisotopic (exact) mass is 213 g/mol. The fourth-order valence-electron chi connectivity index (χ4n) is 1.14. The molecule has 0 aromatic heterocycles. The molecule has 1 unspecified atom stereocenters. The number of rotatable bonds is 3. The van der Waals surface area contributed by atoms with Crippen molar-refractivity contribution in [2.75, 3.05) is 0 Å². The van der Waals surface area contributed by atoms with Gasteiger partial charge in [-0.15, -0.1) is 0 Å². The summed E-state index contributed by atoms with van der Waals surface area (Å²) in [4.78, 5) is 11.7. The minimum Gasteiger partial charge on any atom is -0.319 e. The van der Waals surface area contributed by atoms with E-state index in [1.807, 2.05) is 0 Å². The first-order valence-corrected chi connectivity index (χ1v) is 4.67. The first-order chi connectivity index (χ1) is 6.88. The molecule has 82 valence electrons. The van der Waals surface area contributed by atoms with Gasteiger partial charge in [0.2, 0.25) is 0 Å². The maximum atomic E-state index is 13.2. The Bertz CT molecular complexity index is 388. The second-order valence-electron chi connectivity index (χ2n) is 3.72. The summed E-state index contributed by atoms with van der Waals surface area (Å²) in [6.45, 7) is 3.22. The molecule has 0 spiro atoms. The summed E-state index contributed by atoms with van der Waals surface area (Å²) in [5, 5.41) is 0. The van der Waals surface area contributed by atoms with Crippen molar-refractivity contribution in [2.24, 2.45) is 5.73 Å². The molecule has 1 rings (SSSR count). The van der Waals surface area contributed by atoms with Crippen molar-refractivity contribution in [2.45, 2.75) is 25.8 Å². The van der Waals surface area contributed by atoms with Crippen molar-refractivity contribution < 1.29 is 13.6 Å². The van der Waals surface area contributed by atoms with Crippen LogP contribution in [-0.4, -0.2) is 11.3 Å². The van der Waals surface area contributed by atoms with E-state index in [0.29, 0.717) is 6.42 Å². The van der Waals surface area contributed by atoms with E-state index in [2.05, 4.69) is 0 Å². The van der Waals surface area contributed by atoms with Gasteiger partial charge in [0.15, 0.2) is 5.78 Å². The van der Waals surface area contributed by atoms with E-state index < -0.39 is 23.0 Å². The van der Waals surface area contributed by atoms with Crippen LogP contribution in [0.5, 0.6) is 0 Å². The van der Waals surface area contributed by atoms with Gasteiger partial charge in [-0.25, -0.2) is 8.78 Å². The fourth-order valence-corrected chi connectivity index (χ4v) is 1.14. The van der Waals surface area contributed by atoms with Crippen LogP contribution in [0, 0.1) is 11.6 Å². The number of benzene rings is 1. The molecule has 2 N–H and O–H groups in total. The SMILES string of the molecule is CCC(C)(N)C(=O)c1cc(F)ccc1F. The van der Waals surface area contributed by atoms with E-state index in [9.17, 15) is 13.6 Å². The van der Waals surface area contributed by atoms with Gasteiger partial charge in [0.05, 0.1) is 11.1 Å². The van der Waals surface area contributed by atoms with Crippen LogP contribution in [0.4, 0.5) is 8.78 Å². The summed E-state index contributed by atoms with van der Waals surface area (Å²) in [5.41, 5.74) is 4.22. The molecule has 0 saturated carbocycles. The molecule has 1 atom stereocenters. The fraction of sp³-hybridized carbons (Fsp3) is 0.364. The van der Waals surface area contributed by atoms with Gasteiger partial charge in [-0.05, 0) is 31.5 Å². The Hall–Kier alpha value is -1.29. The molecular weight excluding hydrogens is 200 g/mol. The average molecular weight is 213 g/mol. The van der Waals surface area contributed by atoms with Crippen molar-refractivity contribution in [3.63, 3.8) is 0 Å². The molecule has 0 saturated heterocycles. The predicted octanol–water partition coefficient (Wildman–Crippen LogP) is 2.27. The lowest BCUT2D eigenvalue weighted by molar-refractivity contribution is 0.0893. The van der Waals surface area contributed by atoms with Gasteiger partial charge in [-0.1, -0.05) is 6.92 Å². The third-order valence-electron chi connectivity index (χ3n) is 2.43. The molecule has 0 aliphatic heterocycles. The van der Waals surface area contributed by atoms with E-state index in [0.717, 1.165) is 18.2 Å². The molecule has 0 aliphatic carbocycles. The Kier molecular flexibility index (Phi) is 3.19. The molecule has 0 bridgehead atoms. The highest BCUT2D eigenvalue weighted by Gasteiger charge is 2.29. The minimum atomic E-state index is -1.16. The molecule has 0 amide bonds. The Morgan fingerprint density at radius 1 is 1.47 bits per heavy atom. The number of Topliss-reactive ketones (excluding diaryl/α,β-unsaturated/α-hetero) is 1. The molecule has 15 heavy (non-hydrogen) atoms. The molecule has 0 fully saturated rings. The highest BCUT2D eigenvalue weighted by atomic mass is 19.1. The number of nitrogens with two attached hydrogens (primary N) is 1. The van der Waals surface area contributed by atoms with Crippen molar-refractivity contribution in [3.8, 4) is 0 Å². The smallest absolute Gasteiger partial charge is 0.185 e. The first-order valence-electron chi connectivity index (χ1n) is 4.67. The van der Waals surface area contributed by atoms with Gasteiger partial charge in [-0.2, -0.15) is 0 Å². The van der Waals surface area contributed by atoms with Crippen LogP contribution < -0.4 is 5.73 Å². The van der Waals surface area contributed by atoms with Crippen LogP contribution >= 0.6 is 0 Å². The minimum absolute atomic E-state index is 0.290. The summed E-state index contributed by atoms with van der Waals surface area (Å²) in [7, 11) is 0. The standard InChI is InChI=1S/C11H13F2NO/c1-3-11(2,14)10(15)8-6-7(12)4-5-9(8)13/h4-6H,3,14H2,1-2H3. The van der Waals surface area contributed by atoms with Crippen LogP contribution in [0.2, 0.25) is 0 Å². The third-order valence-corrected chi connectivity index (χ3v) is 2.43.